The largest absolute Gasteiger partial charge is 0.378 e. The van der Waals surface area contributed by atoms with Crippen molar-refractivity contribution < 1.29 is 23.1 Å². The Kier molecular flexibility index (Phi) is 7.67. The van der Waals surface area contributed by atoms with Gasteiger partial charge < -0.3 is 25.2 Å². The zero-order chi connectivity index (χ0) is 27.5. The zero-order valence-electron chi connectivity index (χ0n) is 21.5. The van der Waals surface area contributed by atoms with Gasteiger partial charge >= 0.3 is 6.55 Å². The van der Waals surface area contributed by atoms with E-state index in [-0.39, 0.29) is 30.4 Å². The molecular formula is C24H30F2N10O3. The number of aromatic nitrogens is 6. The van der Waals surface area contributed by atoms with Gasteiger partial charge in [0.1, 0.15) is 6.33 Å². The molecule has 13 nitrogen and oxygen atoms in total. The Morgan fingerprint density at radius 1 is 1.26 bits per heavy atom. The molecule has 0 radical (unpaired) electrons. The number of halogens is 2. The molecule has 15 heteroatoms. The third kappa shape index (κ3) is 5.53. The van der Waals surface area contributed by atoms with Crippen LogP contribution in [0.3, 0.4) is 0 Å². The summed E-state index contributed by atoms with van der Waals surface area (Å²) in [5.74, 6) is 0.304. The lowest BCUT2D eigenvalue weighted by atomic mass is 9.97. The number of carbonyl (C=O) groups is 2. The molecule has 2 saturated heterocycles. The Balaban J connectivity index is 1.38. The van der Waals surface area contributed by atoms with Crippen molar-refractivity contribution in [2.24, 2.45) is 0 Å². The molecule has 2 aliphatic heterocycles. The normalized spacial score (nSPS) is 19.9. The molecule has 0 aliphatic carbocycles. The summed E-state index contributed by atoms with van der Waals surface area (Å²) in [5, 5.41) is 9.79. The lowest BCUT2D eigenvalue weighted by Crippen LogP contribution is -2.56. The van der Waals surface area contributed by atoms with Crippen LogP contribution in [0.5, 0.6) is 0 Å². The topological polar surface area (TPSA) is 135 Å². The molecule has 2 N–H and O–H groups in total. The summed E-state index contributed by atoms with van der Waals surface area (Å²) >= 11 is 0. The number of hydrogen-bond acceptors (Lipinski definition) is 9. The van der Waals surface area contributed by atoms with E-state index in [0.717, 1.165) is 12.8 Å². The van der Waals surface area contributed by atoms with E-state index in [1.54, 1.807) is 9.47 Å². The molecule has 0 unspecified atom stereocenters. The second-order valence-electron chi connectivity index (χ2n) is 9.36. The number of alkyl halides is 2. The third-order valence-electron chi connectivity index (χ3n) is 6.95. The van der Waals surface area contributed by atoms with Gasteiger partial charge in [-0.05, 0) is 25.8 Å². The van der Waals surface area contributed by atoms with Gasteiger partial charge in [0.2, 0.25) is 17.8 Å². The predicted octanol–water partition coefficient (Wildman–Crippen LogP) is 1.34. The quantitative estimate of drug-likeness (QED) is 0.403. The van der Waals surface area contributed by atoms with Crippen LogP contribution in [-0.4, -0.2) is 97.5 Å². The Hall–Kier alpha value is -4.14. The van der Waals surface area contributed by atoms with Crippen molar-refractivity contribution in [3.05, 3.63) is 31.4 Å². The number of nitrogens with one attached hydrogen (secondary N) is 2. The van der Waals surface area contributed by atoms with Crippen molar-refractivity contribution in [1.82, 2.24) is 39.5 Å². The first-order chi connectivity index (χ1) is 18.9. The Morgan fingerprint density at radius 3 is 2.77 bits per heavy atom. The van der Waals surface area contributed by atoms with Crippen LogP contribution in [-0.2, 0) is 14.3 Å². The Bertz CT molecular complexity index is 1350. The van der Waals surface area contributed by atoms with Crippen LogP contribution in [0.25, 0.3) is 16.9 Å². The summed E-state index contributed by atoms with van der Waals surface area (Å²) in [6.45, 7) is 5.38. The Morgan fingerprint density at radius 2 is 2.05 bits per heavy atom. The molecule has 0 aromatic carbocycles. The molecule has 39 heavy (non-hydrogen) atoms. The van der Waals surface area contributed by atoms with Gasteiger partial charge in [-0.25, -0.2) is 9.67 Å². The molecule has 2 fully saturated rings. The van der Waals surface area contributed by atoms with Gasteiger partial charge in [0, 0.05) is 31.7 Å². The number of rotatable bonds is 8. The lowest BCUT2D eigenvalue weighted by Gasteiger charge is -2.39. The van der Waals surface area contributed by atoms with Gasteiger partial charge in [-0.2, -0.15) is 23.8 Å². The number of hydrogen-bond donors (Lipinski definition) is 2. The fraction of sp³-hybridized carbons (Fsp3) is 0.500. The van der Waals surface area contributed by atoms with Gasteiger partial charge in [0.05, 0.1) is 37.8 Å². The number of anilines is 2. The number of imidazole rings is 1. The molecule has 3 aromatic rings. The van der Waals surface area contributed by atoms with E-state index in [1.165, 1.54) is 24.8 Å². The van der Waals surface area contributed by atoms with Crippen molar-refractivity contribution in [2.45, 2.75) is 38.4 Å². The van der Waals surface area contributed by atoms with Gasteiger partial charge in [-0.1, -0.05) is 6.58 Å². The molecule has 2 amide bonds. The van der Waals surface area contributed by atoms with Crippen molar-refractivity contribution in [3.63, 3.8) is 0 Å². The monoisotopic (exact) mass is 544 g/mol. The average Bonchev–Trinajstić information content (AvgIpc) is 3.60. The minimum atomic E-state index is -2.78. The van der Waals surface area contributed by atoms with E-state index in [0.29, 0.717) is 66.1 Å². The molecule has 0 bridgehead atoms. The summed E-state index contributed by atoms with van der Waals surface area (Å²) < 4.78 is 33.8. The summed E-state index contributed by atoms with van der Waals surface area (Å²) in [4.78, 5) is 42.4. The van der Waals surface area contributed by atoms with Gasteiger partial charge in [-0.3, -0.25) is 14.2 Å². The minimum absolute atomic E-state index is 0.0938. The summed E-state index contributed by atoms with van der Waals surface area (Å²) in [5.41, 5.74) is 1.11. The van der Waals surface area contributed by atoms with E-state index in [1.807, 2.05) is 11.8 Å². The van der Waals surface area contributed by atoms with Crippen LogP contribution in [0.1, 0.15) is 26.3 Å². The van der Waals surface area contributed by atoms with Gasteiger partial charge in [0.25, 0.3) is 0 Å². The summed E-state index contributed by atoms with van der Waals surface area (Å²) in [7, 11) is 0. The van der Waals surface area contributed by atoms with Crippen LogP contribution in [0.2, 0.25) is 0 Å². The van der Waals surface area contributed by atoms with E-state index in [2.05, 4.69) is 37.3 Å². The molecule has 208 valence electrons. The molecule has 0 spiro atoms. The number of fused-ring (bicyclic) bond motifs is 1. The first-order valence-corrected chi connectivity index (χ1v) is 12.7. The standard InChI is InChI=1S/C24H30F2N10O3/c1-3-19(38)34-6-4-5-17(15(34)2)30-18(37)12-27-21-20-22(32-24(31-21)33-7-9-39-10-8-33)35(14-28-20)16-11-29-36(13-16)23(25)26/h3,11,13-15,17,23H,1,4-10,12H2,2H3,(H,30,37)(H,27,31,32)/t15-,17-/m1/s1. The van der Waals surface area contributed by atoms with Crippen molar-refractivity contribution in [1.29, 1.82) is 0 Å². The maximum Gasteiger partial charge on any atom is 0.333 e. The predicted molar refractivity (Wildman–Crippen MR) is 138 cm³/mol. The summed E-state index contributed by atoms with van der Waals surface area (Å²) in [6, 6.07) is -0.367. The number of ether oxygens (including phenoxy) is 1. The highest BCUT2D eigenvalue weighted by molar-refractivity contribution is 5.89. The first kappa shape index (κ1) is 26.5. The number of amides is 2. The van der Waals surface area contributed by atoms with Crippen LogP contribution in [0.15, 0.2) is 31.4 Å². The van der Waals surface area contributed by atoms with Crippen molar-refractivity contribution in [2.75, 3.05) is 49.6 Å². The Labute approximate surface area is 222 Å². The highest BCUT2D eigenvalue weighted by Crippen LogP contribution is 2.26. The number of piperidine rings is 1. The molecule has 3 aromatic heterocycles. The number of morpholine rings is 1. The first-order valence-electron chi connectivity index (χ1n) is 12.7. The van der Waals surface area contributed by atoms with Crippen LogP contribution in [0, 0.1) is 0 Å². The van der Waals surface area contributed by atoms with Crippen LogP contribution < -0.4 is 15.5 Å². The molecule has 2 aliphatic rings. The van der Waals surface area contributed by atoms with Crippen molar-refractivity contribution >= 4 is 34.7 Å². The van der Waals surface area contributed by atoms with E-state index < -0.39 is 6.55 Å². The van der Waals surface area contributed by atoms with E-state index >= 15 is 0 Å². The molecule has 5 rings (SSSR count). The van der Waals surface area contributed by atoms with Crippen LogP contribution >= 0.6 is 0 Å². The van der Waals surface area contributed by atoms with Gasteiger partial charge in [0.15, 0.2) is 17.0 Å². The second-order valence-corrected chi connectivity index (χ2v) is 9.36. The average molecular weight is 545 g/mol. The summed E-state index contributed by atoms with van der Waals surface area (Å²) in [6.07, 6.45) is 6.77. The maximum absolute atomic E-state index is 13.1. The molecule has 5 heterocycles. The highest BCUT2D eigenvalue weighted by Gasteiger charge is 2.31. The second kappa shape index (κ2) is 11.3. The number of nitrogens with zero attached hydrogens (tertiary/aromatic N) is 8. The van der Waals surface area contributed by atoms with Crippen molar-refractivity contribution in [3.8, 4) is 5.69 Å². The number of likely N-dealkylation sites (tertiary alicyclic amines) is 1. The third-order valence-corrected chi connectivity index (χ3v) is 6.95. The zero-order valence-corrected chi connectivity index (χ0v) is 21.5. The lowest BCUT2D eigenvalue weighted by molar-refractivity contribution is -0.131. The molecular weight excluding hydrogens is 514 g/mol. The highest BCUT2D eigenvalue weighted by atomic mass is 19.3. The SMILES string of the molecule is C=CC(=O)N1CCC[C@@H](NC(=O)CNc2nc(N3CCOCC3)nc3c2ncn3-c2cnn(C(F)F)c2)[C@H]1C. The fourth-order valence-corrected chi connectivity index (χ4v) is 4.85. The fourth-order valence-electron chi connectivity index (χ4n) is 4.85. The van der Waals surface area contributed by atoms with E-state index in [9.17, 15) is 18.4 Å². The number of carbonyl (C=O) groups excluding carboxylic acids is 2. The van der Waals surface area contributed by atoms with E-state index in [4.69, 9.17) is 4.74 Å². The van der Waals surface area contributed by atoms with Crippen LogP contribution in [0.4, 0.5) is 20.5 Å². The smallest absolute Gasteiger partial charge is 0.333 e. The molecule has 0 saturated carbocycles. The maximum atomic E-state index is 13.1. The van der Waals surface area contributed by atoms with Gasteiger partial charge in [-0.15, -0.1) is 0 Å². The minimum Gasteiger partial charge on any atom is -0.378 e. The molecule has 2 atom stereocenters.